The van der Waals surface area contributed by atoms with Gasteiger partial charge in [0.05, 0.1) is 5.41 Å². The second-order valence-corrected chi connectivity index (χ2v) is 14.5. The summed E-state index contributed by atoms with van der Waals surface area (Å²) in [5, 5.41) is 0. The van der Waals surface area contributed by atoms with Crippen LogP contribution < -0.4 is 4.74 Å². The maximum absolute atomic E-state index is 6.72. The Morgan fingerprint density at radius 3 is 1.65 bits per heavy atom. The lowest BCUT2D eigenvalue weighted by Gasteiger charge is -2.39. The Kier molecular flexibility index (Phi) is 6.08. The highest BCUT2D eigenvalue weighted by Gasteiger charge is 2.51. The van der Waals surface area contributed by atoms with Gasteiger partial charge in [0.15, 0.2) is 0 Å². The molecule has 1 nitrogen and oxygen atoms in total. The first-order valence-corrected chi connectivity index (χ1v) is 18.2. The van der Waals surface area contributed by atoms with Gasteiger partial charge in [0.25, 0.3) is 0 Å². The summed E-state index contributed by atoms with van der Waals surface area (Å²) in [6, 6.07) is 69.1. The average Bonchev–Trinajstić information content (AvgIpc) is 3.66. The van der Waals surface area contributed by atoms with Gasteiger partial charge in [-0.1, -0.05) is 164 Å². The van der Waals surface area contributed by atoms with Crippen molar-refractivity contribution in [3.63, 3.8) is 0 Å². The quantitative estimate of drug-likeness (QED) is 0.183. The van der Waals surface area contributed by atoms with Crippen LogP contribution in [0, 0.1) is 0 Å². The first-order chi connectivity index (χ1) is 25.7. The number of fused-ring (bicyclic) bond motifs is 12. The Morgan fingerprint density at radius 2 is 0.885 bits per heavy atom. The number of benzene rings is 8. The summed E-state index contributed by atoms with van der Waals surface area (Å²) in [7, 11) is 0. The van der Waals surface area contributed by atoms with Crippen molar-refractivity contribution in [3.8, 4) is 56.0 Å². The monoisotopic (exact) mass is 662 g/mol. The molecule has 3 aliphatic rings. The van der Waals surface area contributed by atoms with Crippen molar-refractivity contribution in [2.24, 2.45) is 0 Å². The molecule has 1 atom stereocenters. The molecule has 1 aliphatic heterocycles. The minimum atomic E-state index is -0.489. The normalized spacial score (nSPS) is 16.6. The van der Waals surface area contributed by atoms with Crippen molar-refractivity contribution < 1.29 is 4.74 Å². The summed E-state index contributed by atoms with van der Waals surface area (Å²) in [6.45, 7) is 2.38. The second-order valence-electron chi connectivity index (χ2n) is 14.5. The van der Waals surface area contributed by atoms with Crippen LogP contribution in [0.25, 0.3) is 44.5 Å². The Hall–Kier alpha value is -6.44. The molecule has 0 radical (unpaired) electrons. The molecule has 2 aliphatic carbocycles. The van der Waals surface area contributed by atoms with Crippen LogP contribution in [0.4, 0.5) is 0 Å². The molecule has 0 saturated carbocycles. The largest absolute Gasteiger partial charge is 0.457 e. The fraction of sp³-hybridized carbons (Fsp3) is 0.0588. The maximum Gasteiger partial charge on any atom is 0.132 e. The standard InChI is InChI=1S/C51H34O/c1-50(36-17-3-2-4-18-36)41-23-8-7-21-40(41)49-37(22-14-27-45(49)50)35-16-13-15-33(31-35)34-29-30-48-46(32-34)51(44-26-11-12-28-47(44)52-48)42-24-9-5-19-38(42)39-20-6-10-25-43(39)51/h2-32H,1H3. The summed E-state index contributed by atoms with van der Waals surface area (Å²) < 4.78 is 6.72. The van der Waals surface area contributed by atoms with Crippen LogP contribution in [0.2, 0.25) is 0 Å². The zero-order valence-corrected chi connectivity index (χ0v) is 28.8. The van der Waals surface area contributed by atoms with Crippen LogP contribution in [0.15, 0.2) is 188 Å². The smallest absolute Gasteiger partial charge is 0.132 e. The Balaban J connectivity index is 1.11. The van der Waals surface area contributed by atoms with Crippen molar-refractivity contribution in [1.29, 1.82) is 0 Å². The summed E-state index contributed by atoms with van der Waals surface area (Å²) >= 11 is 0. The molecule has 8 aromatic carbocycles. The fourth-order valence-corrected chi connectivity index (χ4v) is 9.77. The van der Waals surface area contributed by atoms with Crippen LogP contribution >= 0.6 is 0 Å². The summed E-state index contributed by atoms with van der Waals surface area (Å²) in [5.74, 6) is 1.82. The predicted molar refractivity (Wildman–Crippen MR) is 212 cm³/mol. The van der Waals surface area contributed by atoms with E-state index in [1.54, 1.807) is 0 Å². The highest BCUT2D eigenvalue weighted by molar-refractivity contribution is 5.95. The second kappa shape index (κ2) is 10.8. The van der Waals surface area contributed by atoms with Crippen molar-refractivity contribution >= 4 is 0 Å². The molecule has 0 bridgehead atoms. The molecule has 244 valence electrons. The molecule has 0 saturated heterocycles. The Labute approximate surface area is 304 Å². The van der Waals surface area contributed by atoms with Crippen molar-refractivity contribution in [1.82, 2.24) is 0 Å². The number of ether oxygens (including phenoxy) is 1. The minimum Gasteiger partial charge on any atom is -0.457 e. The van der Waals surface area contributed by atoms with Gasteiger partial charge >= 0.3 is 0 Å². The number of rotatable bonds is 3. The van der Waals surface area contributed by atoms with Crippen molar-refractivity contribution in [2.45, 2.75) is 17.8 Å². The molecule has 0 amide bonds. The Morgan fingerprint density at radius 1 is 0.346 bits per heavy atom. The van der Waals surface area contributed by atoms with Crippen molar-refractivity contribution in [2.75, 3.05) is 0 Å². The summed E-state index contributed by atoms with van der Waals surface area (Å²) in [5.41, 5.74) is 18.3. The lowest BCUT2D eigenvalue weighted by atomic mass is 9.66. The van der Waals surface area contributed by atoms with E-state index in [0.717, 1.165) is 11.5 Å². The van der Waals surface area contributed by atoms with Gasteiger partial charge in [-0.3, -0.25) is 0 Å². The predicted octanol–water partition coefficient (Wildman–Crippen LogP) is 12.8. The van der Waals surface area contributed by atoms with E-state index >= 15 is 0 Å². The highest BCUT2D eigenvalue weighted by atomic mass is 16.5. The van der Waals surface area contributed by atoms with E-state index in [4.69, 9.17) is 4.74 Å². The van der Waals surface area contributed by atoms with E-state index in [1.807, 2.05) is 0 Å². The molecule has 1 heterocycles. The number of hydrogen-bond donors (Lipinski definition) is 0. The molecule has 1 unspecified atom stereocenters. The van der Waals surface area contributed by atoms with Crippen LogP contribution in [0.5, 0.6) is 11.5 Å². The minimum absolute atomic E-state index is 0.238. The van der Waals surface area contributed by atoms with E-state index in [1.165, 1.54) is 83.5 Å². The molecular weight excluding hydrogens is 629 g/mol. The third-order valence-corrected chi connectivity index (χ3v) is 12.0. The summed E-state index contributed by atoms with van der Waals surface area (Å²) in [6.07, 6.45) is 0. The fourth-order valence-electron chi connectivity index (χ4n) is 9.77. The molecule has 1 spiro atoms. The van der Waals surface area contributed by atoms with Crippen molar-refractivity contribution in [3.05, 3.63) is 227 Å². The van der Waals surface area contributed by atoms with Crippen LogP contribution in [-0.4, -0.2) is 0 Å². The third-order valence-electron chi connectivity index (χ3n) is 12.0. The van der Waals surface area contributed by atoms with Crippen LogP contribution in [0.3, 0.4) is 0 Å². The molecule has 1 heteroatoms. The van der Waals surface area contributed by atoms with E-state index < -0.39 is 5.41 Å². The van der Waals surface area contributed by atoms with Gasteiger partial charge in [0, 0.05) is 16.5 Å². The van der Waals surface area contributed by atoms with E-state index in [0.29, 0.717) is 0 Å². The zero-order valence-electron chi connectivity index (χ0n) is 28.8. The first kappa shape index (κ1) is 29.3. The third kappa shape index (κ3) is 3.78. The molecule has 11 rings (SSSR count). The van der Waals surface area contributed by atoms with Gasteiger partial charge in [0.1, 0.15) is 11.5 Å². The molecular formula is C51H34O. The SMILES string of the molecule is CC1(c2ccccc2)c2ccccc2-c2c(-c3cccc(-c4ccc5c(c4)C4(c6ccccc6O5)c5ccccc5-c5ccccc54)c3)cccc21. The number of para-hydroxylation sites is 1. The van der Waals surface area contributed by atoms with Crippen LogP contribution in [-0.2, 0) is 10.8 Å². The van der Waals surface area contributed by atoms with Gasteiger partial charge in [-0.15, -0.1) is 0 Å². The summed E-state index contributed by atoms with van der Waals surface area (Å²) in [4.78, 5) is 0. The molecule has 8 aromatic rings. The first-order valence-electron chi connectivity index (χ1n) is 18.2. The average molecular weight is 663 g/mol. The molecule has 0 aromatic heterocycles. The van der Waals surface area contributed by atoms with Gasteiger partial charge in [-0.25, -0.2) is 0 Å². The van der Waals surface area contributed by atoms with E-state index in [-0.39, 0.29) is 5.41 Å². The maximum atomic E-state index is 6.72. The molecule has 0 fully saturated rings. The van der Waals surface area contributed by atoms with E-state index in [2.05, 4.69) is 195 Å². The zero-order chi connectivity index (χ0) is 34.4. The lowest BCUT2D eigenvalue weighted by molar-refractivity contribution is 0.436. The molecule has 0 N–H and O–H groups in total. The lowest BCUT2D eigenvalue weighted by Crippen LogP contribution is -2.32. The van der Waals surface area contributed by atoms with Gasteiger partial charge in [-0.05, 0) is 104 Å². The molecule has 52 heavy (non-hydrogen) atoms. The topological polar surface area (TPSA) is 9.23 Å². The number of hydrogen-bond acceptors (Lipinski definition) is 1. The van der Waals surface area contributed by atoms with E-state index in [9.17, 15) is 0 Å². The van der Waals surface area contributed by atoms with Crippen LogP contribution in [0.1, 0.15) is 45.9 Å². The Bertz CT molecular complexity index is 2690. The van der Waals surface area contributed by atoms with Gasteiger partial charge in [-0.2, -0.15) is 0 Å². The van der Waals surface area contributed by atoms with Gasteiger partial charge in [0.2, 0.25) is 0 Å². The van der Waals surface area contributed by atoms with Gasteiger partial charge < -0.3 is 4.74 Å². The highest BCUT2D eigenvalue weighted by Crippen LogP contribution is 2.62.